The van der Waals surface area contributed by atoms with Crippen LogP contribution in [0.3, 0.4) is 0 Å². The summed E-state index contributed by atoms with van der Waals surface area (Å²) < 4.78 is 16.4. The number of carbonyl (C=O) groups is 2. The first-order chi connectivity index (χ1) is 11.5. The van der Waals surface area contributed by atoms with Crippen molar-refractivity contribution < 1.29 is 23.8 Å². The van der Waals surface area contributed by atoms with Gasteiger partial charge in [-0.3, -0.25) is 14.5 Å². The van der Waals surface area contributed by atoms with Crippen molar-refractivity contribution in [3.05, 3.63) is 33.4 Å². The fourth-order valence-electron chi connectivity index (χ4n) is 2.30. The van der Waals surface area contributed by atoms with Gasteiger partial charge in [-0.05, 0) is 52.8 Å². The molecular formula is C17H18INO5. The van der Waals surface area contributed by atoms with Gasteiger partial charge in [0.2, 0.25) is 5.75 Å². The summed E-state index contributed by atoms with van der Waals surface area (Å²) in [4.78, 5) is 25.5. The molecule has 0 saturated carbocycles. The maximum absolute atomic E-state index is 12.3. The van der Waals surface area contributed by atoms with Gasteiger partial charge in [-0.25, -0.2) is 0 Å². The molecular weight excluding hydrogens is 425 g/mol. The van der Waals surface area contributed by atoms with E-state index in [1.807, 2.05) is 28.7 Å². The third kappa shape index (κ3) is 3.89. The summed E-state index contributed by atoms with van der Waals surface area (Å²) in [5, 5.41) is 0. The second-order valence-corrected chi connectivity index (χ2v) is 6.09. The lowest BCUT2D eigenvalue weighted by atomic mass is 10.1. The number of hydrogen-bond donors (Lipinski definition) is 0. The molecule has 1 heterocycles. The summed E-state index contributed by atoms with van der Waals surface area (Å²) >= 11 is 1.94. The minimum absolute atomic E-state index is 0.263. The third-order valence-electron chi connectivity index (χ3n) is 3.50. The summed E-state index contributed by atoms with van der Waals surface area (Å²) in [6.07, 6.45) is 5.49. The first-order valence-electron chi connectivity index (χ1n) is 7.21. The largest absolute Gasteiger partial charge is 0.493 e. The number of methoxy groups -OCH3 is 3. The van der Waals surface area contributed by atoms with E-state index < -0.39 is 0 Å². The molecule has 0 unspecified atom stereocenters. The summed E-state index contributed by atoms with van der Waals surface area (Å²) in [6, 6.07) is 3.46. The van der Waals surface area contributed by atoms with Crippen LogP contribution in [0.2, 0.25) is 0 Å². The first-order valence-corrected chi connectivity index (χ1v) is 8.29. The monoisotopic (exact) mass is 443 g/mol. The fourth-order valence-corrected chi connectivity index (χ4v) is 2.91. The molecule has 0 aliphatic carbocycles. The Hall–Kier alpha value is -2.03. The molecule has 0 atom stereocenters. The topological polar surface area (TPSA) is 65.1 Å². The van der Waals surface area contributed by atoms with Gasteiger partial charge in [-0.1, -0.05) is 6.08 Å². The second kappa shape index (κ2) is 8.18. The highest BCUT2D eigenvalue weighted by Crippen LogP contribution is 2.38. The van der Waals surface area contributed by atoms with Crippen LogP contribution in [-0.2, 0) is 9.59 Å². The van der Waals surface area contributed by atoms with Gasteiger partial charge >= 0.3 is 0 Å². The molecule has 0 saturated heterocycles. The molecule has 0 fully saturated rings. The van der Waals surface area contributed by atoms with Crippen molar-refractivity contribution in [3.8, 4) is 17.2 Å². The molecule has 0 aromatic heterocycles. The molecule has 2 rings (SSSR count). The van der Waals surface area contributed by atoms with Crippen LogP contribution >= 0.6 is 22.6 Å². The predicted molar refractivity (Wildman–Crippen MR) is 98.6 cm³/mol. The molecule has 1 aliphatic rings. The zero-order chi connectivity index (χ0) is 17.7. The molecule has 128 valence electrons. The van der Waals surface area contributed by atoms with Crippen LogP contribution in [0.15, 0.2) is 27.9 Å². The first kappa shape index (κ1) is 18.3. The van der Waals surface area contributed by atoms with Gasteiger partial charge in [-0.2, -0.15) is 0 Å². The Morgan fingerprint density at radius 1 is 1.17 bits per heavy atom. The van der Waals surface area contributed by atoms with Crippen molar-refractivity contribution in [3.63, 3.8) is 0 Å². The molecule has 0 radical (unpaired) electrons. The van der Waals surface area contributed by atoms with Crippen LogP contribution in [0.5, 0.6) is 17.2 Å². The Morgan fingerprint density at radius 3 is 2.33 bits per heavy atom. The van der Waals surface area contributed by atoms with Gasteiger partial charge in [-0.15, -0.1) is 0 Å². The smallest absolute Gasteiger partial charge is 0.266 e. The molecule has 0 bridgehead atoms. The Labute approximate surface area is 154 Å². The summed E-state index contributed by atoms with van der Waals surface area (Å²) in [6.45, 7) is 0.393. The molecule has 7 heteroatoms. The SMILES string of the molecule is COc1cc(/C=C/C(=O)N2CCC=C(I)C2=O)cc(OC)c1OC. The Bertz CT molecular complexity index is 686. The summed E-state index contributed by atoms with van der Waals surface area (Å²) in [7, 11) is 4.57. The number of ether oxygens (including phenoxy) is 3. The molecule has 1 aliphatic heterocycles. The van der Waals surface area contributed by atoms with Gasteiger partial charge in [0, 0.05) is 12.6 Å². The van der Waals surface area contributed by atoms with Crippen LogP contribution < -0.4 is 14.2 Å². The lowest BCUT2D eigenvalue weighted by molar-refractivity contribution is -0.139. The van der Waals surface area contributed by atoms with Crippen LogP contribution in [0, 0.1) is 0 Å². The lowest BCUT2D eigenvalue weighted by Crippen LogP contribution is -2.38. The maximum atomic E-state index is 12.3. The molecule has 0 spiro atoms. The fraction of sp³-hybridized carbons (Fsp3) is 0.294. The zero-order valence-corrected chi connectivity index (χ0v) is 15.8. The summed E-state index contributed by atoms with van der Waals surface area (Å²) in [5.41, 5.74) is 0.701. The number of carbonyl (C=O) groups excluding carboxylic acids is 2. The predicted octanol–water partition coefficient (Wildman–Crippen LogP) is 2.80. The molecule has 24 heavy (non-hydrogen) atoms. The normalized spacial score (nSPS) is 14.6. The van der Waals surface area contributed by atoms with E-state index in [1.165, 1.54) is 32.3 Å². The highest BCUT2D eigenvalue weighted by Gasteiger charge is 2.24. The average molecular weight is 443 g/mol. The van der Waals surface area contributed by atoms with E-state index in [2.05, 4.69) is 0 Å². The second-order valence-electron chi connectivity index (χ2n) is 4.93. The van der Waals surface area contributed by atoms with Crippen LogP contribution in [0.4, 0.5) is 0 Å². The minimum atomic E-state index is -0.351. The summed E-state index contributed by atoms with van der Waals surface area (Å²) in [5.74, 6) is 0.859. The maximum Gasteiger partial charge on any atom is 0.266 e. The number of halogens is 1. The van der Waals surface area contributed by atoms with E-state index in [0.29, 0.717) is 39.4 Å². The zero-order valence-electron chi connectivity index (χ0n) is 13.7. The van der Waals surface area contributed by atoms with Crippen molar-refractivity contribution in [2.45, 2.75) is 6.42 Å². The van der Waals surface area contributed by atoms with Crippen LogP contribution in [-0.4, -0.2) is 44.6 Å². The van der Waals surface area contributed by atoms with Crippen molar-refractivity contribution in [2.24, 2.45) is 0 Å². The van der Waals surface area contributed by atoms with E-state index in [-0.39, 0.29) is 11.8 Å². The standard InChI is InChI=1S/C17H18INO5/c1-22-13-9-11(10-14(23-2)16(13)24-3)6-7-15(20)19-8-4-5-12(18)17(19)21/h5-7,9-10H,4,8H2,1-3H3/b7-6+. The van der Waals surface area contributed by atoms with Gasteiger partial charge in [0.15, 0.2) is 11.5 Å². The van der Waals surface area contributed by atoms with Crippen molar-refractivity contribution in [2.75, 3.05) is 27.9 Å². The molecule has 1 aromatic carbocycles. The Morgan fingerprint density at radius 2 is 1.79 bits per heavy atom. The number of benzene rings is 1. The van der Waals surface area contributed by atoms with Gasteiger partial charge < -0.3 is 14.2 Å². The number of hydrogen-bond acceptors (Lipinski definition) is 5. The van der Waals surface area contributed by atoms with E-state index in [4.69, 9.17) is 14.2 Å². The van der Waals surface area contributed by atoms with Crippen molar-refractivity contribution in [1.29, 1.82) is 0 Å². The van der Waals surface area contributed by atoms with Crippen molar-refractivity contribution in [1.82, 2.24) is 4.90 Å². The molecule has 1 aromatic rings. The number of amides is 2. The Kier molecular flexibility index (Phi) is 6.24. The molecule has 6 nitrogen and oxygen atoms in total. The van der Waals surface area contributed by atoms with E-state index in [9.17, 15) is 9.59 Å². The third-order valence-corrected chi connectivity index (χ3v) is 4.40. The van der Waals surface area contributed by atoms with E-state index in [1.54, 1.807) is 18.2 Å². The molecule has 2 amide bonds. The highest BCUT2D eigenvalue weighted by atomic mass is 127. The van der Waals surface area contributed by atoms with Gasteiger partial charge in [0.25, 0.3) is 11.8 Å². The van der Waals surface area contributed by atoms with Gasteiger partial charge in [0.1, 0.15) is 0 Å². The number of nitrogens with zero attached hydrogens (tertiary/aromatic N) is 1. The molecule has 0 N–H and O–H groups in total. The van der Waals surface area contributed by atoms with Crippen LogP contribution in [0.25, 0.3) is 6.08 Å². The lowest BCUT2D eigenvalue weighted by Gasteiger charge is -2.21. The average Bonchev–Trinajstić information content (AvgIpc) is 2.60. The highest BCUT2D eigenvalue weighted by molar-refractivity contribution is 14.1. The van der Waals surface area contributed by atoms with Gasteiger partial charge in [0.05, 0.1) is 24.9 Å². The minimum Gasteiger partial charge on any atom is -0.493 e. The van der Waals surface area contributed by atoms with Crippen LogP contribution in [0.1, 0.15) is 12.0 Å². The van der Waals surface area contributed by atoms with Crippen molar-refractivity contribution >= 4 is 40.5 Å². The quantitative estimate of drug-likeness (QED) is 0.518. The van der Waals surface area contributed by atoms with E-state index in [0.717, 1.165) is 0 Å². The number of imide groups is 1. The van der Waals surface area contributed by atoms with E-state index >= 15 is 0 Å². The Balaban J connectivity index is 2.24. The number of rotatable bonds is 5.